The number of amides is 5. The molecule has 0 aromatic carbocycles. The Labute approximate surface area is 189 Å². The topological polar surface area (TPSA) is 301 Å². The van der Waals surface area contributed by atoms with E-state index in [-0.39, 0.29) is 25.3 Å². The highest BCUT2D eigenvalue weighted by molar-refractivity contribution is 5.95. The maximum absolute atomic E-state index is 12.6. The summed E-state index contributed by atoms with van der Waals surface area (Å²) in [7, 11) is 0. The fourth-order valence-electron chi connectivity index (χ4n) is 2.44. The van der Waals surface area contributed by atoms with Crippen molar-refractivity contribution in [1.82, 2.24) is 16.0 Å². The van der Waals surface area contributed by atoms with Crippen molar-refractivity contribution in [3.63, 3.8) is 0 Å². The molecule has 0 aliphatic rings. The summed E-state index contributed by atoms with van der Waals surface area (Å²) < 4.78 is 0. The molecule has 0 spiro atoms. The average molecular weight is 473 g/mol. The molecule has 0 aromatic heterocycles. The molecule has 33 heavy (non-hydrogen) atoms. The van der Waals surface area contributed by atoms with Crippen molar-refractivity contribution in [1.29, 1.82) is 0 Å². The molecule has 0 bridgehead atoms. The van der Waals surface area contributed by atoms with Crippen molar-refractivity contribution < 1.29 is 33.9 Å². The molecule has 4 unspecified atom stereocenters. The molecule has 16 nitrogen and oxygen atoms in total. The van der Waals surface area contributed by atoms with Crippen LogP contribution in [0.2, 0.25) is 0 Å². The van der Waals surface area contributed by atoms with Crippen LogP contribution >= 0.6 is 0 Å². The first kappa shape index (κ1) is 29.0. The lowest BCUT2D eigenvalue weighted by Gasteiger charge is -2.23. The van der Waals surface area contributed by atoms with Crippen molar-refractivity contribution in [3.8, 4) is 0 Å². The van der Waals surface area contributed by atoms with Crippen LogP contribution < -0.4 is 44.6 Å². The third-order valence-electron chi connectivity index (χ3n) is 4.11. The maximum atomic E-state index is 12.6. The van der Waals surface area contributed by atoms with Crippen molar-refractivity contribution in [2.45, 2.75) is 56.8 Å². The minimum Gasteiger partial charge on any atom is -0.480 e. The van der Waals surface area contributed by atoms with Gasteiger partial charge in [-0.2, -0.15) is 0 Å². The molecule has 16 heteroatoms. The SMILES string of the molecule is CC(NC(=O)C(N)CC(N)=O)C(=O)NC(CCCN=C(N)N)C(=O)NC(CC(N)=O)C(=O)O. The number of nitrogens with two attached hydrogens (primary N) is 5. The first-order valence-corrected chi connectivity index (χ1v) is 9.76. The molecule has 0 rings (SSSR count). The predicted molar refractivity (Wildman–Crippen MR) is 115 cm³/mol. The summed E-state index contributed by atoms with van der Waals surface area (Å²) in [5.41, 5.74) is 25.9. The Kier molecular flexibility index (Phi) is 12.5. The number of primary amides is 2. The third-order valence-corrected chi connectivity index (χ3v) is 4.11. The van der Waals surface area contributed by atoms with Crippen LogP contribution in [0.3, 0.4) is 0 Å². The summed E-state index contributed by atoms with van der Waals surface area (Å²) >= 11 is 0. The Morgan fingerprint density at radius 3 is 1.85 bits per heavy atom. The molecule has 0 saturated carbocycles. The van der Waals surface area contributed by atoms with E-state index in [1.54, 1.807) is 0 Å². The Bertz CT molecular complexity index is 783. The molecule has 0 saturated heterocycles. The molecule has 0 radical (unpaired) electrons. The van der Waals surface area contributed by atoms with Crippen molar-refractivity contribution >= 4 is 41.5 Å². The molecule has 4 atom stereocenters. The molecule has 0 heterocycles. The number of carbonyl (C=O) groups is 6. The number of carbonyl (C=O) groups excluding carboxylic acids is 5. The van der Waals surface area contributed by atoms with Gasteiger partial charge in [-0.1, -0.05) is 0 Å². The minimum atomic E-state index is -1.61. The van der Waals surface area contributed by atoms with Gasteiger partial charge in [0, 0.05) is 6.54 Å². The highest BCUT2D eigenvalue weighted by Crippen LogP contribution is 2.02. The van der Waals surface area contributed by atoms with E-state index in [1.165, 1.54) is 6.92 Å². The Hall–Kier alpha value is -3.95. The van der Waals surface area contributed by atoms with Gasteiger partial charge in [0.05, 0.1) is 18.9 Å². The number of nitrogens with zero attached hydrogens (tertiary/aromatic N) is 1. The van der Waals surface area contributed by atoms with E-state index in [2.05, 4.69) is 20.9 Å². The van der Waals surface area contributed by atoms with Crippen LogP contribution in [-0.4, -0.2) is 77.3 Å². The summed E-state index contributed by atoms with van der Waals surface area (Å²) in [6, 6.07) is -5.33. The minimum absolute atomic E-state index is 0.0148. The molecule has 5 amide bonds. The fraction of sp³-hybridized carbons (Fsp3) is 0.588. The smallest absolute Gasteiger partial charge is 0.326 e. The number of carboxylic acids is 1. The first-order valence-electron chi connectivity index (χ1n) is 9.76. The van der Waals surface area contributed by atoms with Crippen LogP contribution in [0.4, 0.5) is 0 Å². The summed E-state index contributed by atoms with van der Waals surface area (Å²) in [5.74, 6) is -5.99. The lowest BCUT2D eigenvalue weighted by Crippen LogP contribution is -2.56. The Balaban J connectivity index is 5.28. The van der Waals surface area contributed by atoms with E-state index in [4.69, 9.17) is 33.8 Å². The lowest BCUT2D eigenvalue weighted by molar-refractivity contribution is -0.143. The van der Waals surface area contributed by atoms with Gasteiger partial charge in [0.15, 0.2) is 5.96 Å². The number of aliphatic carboxylic acids is 1. The van der Waals surface area contributed by atoms with Gasteiger partial charge in [0.25, 0.3) is 0 Å². The van der Waals surface area contributed by atoms with Crippen LogP contribution in [0.1, 0.15) is 32.6 Å². The second kappa shape index (κ2) is 14.2. The molecule has 0 fully saturated rings. The zero-order valence-electron chi connectivity index (χ0n) is 18.1. The van der Waals surface area contributed by atoms with Gasteiger partial charge >= 0.3 is 5.97 Å². The molecule has 0 aromatic rings. The first-order chi connectivity index (χ1) is 15.2. The largest absolute Gasteiger partial charge is 0.480 e. The molecule has 186 valence electrons. The standard InChI is InChI=1S/C17H31N9O7/c1-7(24-14(30)8(18)5-11(19)27)13(29)25-9(3-2-4-23-17(21)22)15(31)26-10(16(32)33)6-12(20)28/h7-10H,2-6,18H2,1H3,(H2,19,27)(H2,20,28)(H,24,30)(H,25,29)(H,26,31)(H,32,33)(H4,21,22,23). The van der Waals surface area contributed by atoms with Gasteiger partial charge in [-0.15, -0.1) is 0 Å². The Morgan fingerprint density at radius 1 is 0.818 bits per heavy atom. The number of hydrogen-bond acceptors (Lipinski definition) is 8. The number of nitrogens with one attached hydrogen (secondary N) is 3. The number of carboxylic acid groups (broad SMARTS) is 1. The van der Waals surface area contributed by atoms with Crippen LogP contribution in [-0.2, 0) is 28.8 Å². The average Bonchev–Trinajstić information content (AvgIpc) is 2.68. The van der Waals surface area contributed by atoms with E-state index in [1.807, 2.05) is 0 Å². The van der Waals surface area contributed by atoms with Gasteiger partial charge < -0.3 is 49.7 Å². The van der Waals surface area contributed by atoms with Crippen molar-refractivity contribution in [2.75, 3.05) is 6.54 Å². The molecule has 0 aliphatic heterocycles. The molecule has 0 aliphatic carbocycles. The second-order valence-electron chi connectivity index (χ2n) is 7.09. The molecule has 14 N–H and O–H groups in total. The second-order valence-corrected chi connectivity index (χ2v) is 7.09. The van der Waals surface area contributed by atoms with E-state index >= 15 is 0 Å². The highest BCUT2D eigenvalue weighted by Gasteiger charge is 2.29. The van der Waals surface area contributed by atoms with E-state index in [0.717, 1.165) is 0 Å². The fourth-order valence-corrected chi connectivity index (χ4v) is 2.44. The van der Waals surface area contributed by atoms with Crippen molar-refractivity contribution in [2.24, 2.45) is 33.7 Å². The normalized spacial score (nSPS) is 14.0. The quantitative estimate of drug-likeness (QED) is 0.0617. The third kappa shape index (κ3) is 12.5. The maximum Gasteiger partial charge on any atom is 0.326 e. The van der Waals surface area contributed by atoms with Crippen molar-refractivity contribution in [3.05, 3.63) is 0 Å². The van der Waals surface area contributed by atoms with Gasteiger partial charge in [-0.25, -0.2) is 4.79 Å². The number of guanidine groups is 1. The summed E-state index contributed by atoms with van der Waals surface area (Å²) in [6.45, 7) is 1.41. The molecular weight excluding hydrogens is 442 g/mol. The highest BCUT2D eigenvalue weighted by atomic mass is 16.4. The summed E-state index contributed by atoms with van der Waals surface area (Å²) in [5, 5.41) is 15.9. The molecular formula is C17H31N9O7. The number of hydrogen-bond donors (Lipinski definition) is 9. The summed E-state index contributed by atoms with van der Waals surface area (Å²) in [4.78, 5) is 74.0. The van der Waals surface area contributed by atoms with Crippen LogP contribution in [0.5, 0.6) is 0 Å². The van der Waals surface area contributed by atoms with Crippen LogP contribution in [0.25, 0.3) is 0 Å². The van der Waals surface area contributed by atoms with Gasteiger partial charge in [0.2, 0.25) is 29.5 Å². The monoisotopic (exact) mass is 473 g/mol. The zero-order chi connectivity index (χ0) is 25.7. The zero-order valence-corrected chi connectivity index (χ0v) is 18.1. The predicted octanol–water partition coefficient (Wildman–Crippen LogP) is -5.32. The lowest BCUT2D eigenvalue weighted by atomic mass is 10.1. The van der Waals surface area contributed by atoms with Gasteiger partial charge in [0.1, 0.15) is 18.1 Å². The number of rotatable bonds is 15. The van der Waals surface area contributed by atoms with Crippen LogP contribution in [0, 0.1) is 0 Å². The van der Waals surface area contributed by atoms with E-state index in [9.17, 15) is 28.8 Å². The summed E-state index contributed by atoms with van der Waals surface area (Å²) in [6.07, 6.45) is -0.903. The van der Waals surface area contributed by atoms with E-state index in [0.29, 0.717) is 0 Å². The van der Waals surface area contributed by atoms with Gasteiger partial charge in [-0.05, 0) is 19.8 Å². The Morgan fingerprint density at radius 2 is 1.36 bits per heavy atom. The van der Waals surface area contributed by atoms with Crippen LogP contribution in [0.15, 0.2) is 4.99 Å². The van der Waals surface area contributed by atoms with E-state index < -0.39 is 72.5 Å². The van der Waals surface area contributed by atoms with Gasteiger partial charge in [-0.3, -0.25) is 29.0 Å². The number of aliphatic imine (C=N–C) groups is 1.